The molecule has 2 unspecified atom stereocenters. The van der Waals surface area contributed by atoms with Gasteiger partial charge >= 0.3 is 5.95 Å². The maximum absolute atomic E-state index is 12.6. The summed E-state index contributed by atoms with van der Waals surface area (Å²) in [7, 11) is 0. The lowest BCUT2D eigenvalue weighted by Crippen LogP contribution is -2.55. The summed E-state index contributed by atoms with van der Waals surface area (Å²) in [5.74, 6) is 1.79. The zero-order valence-electron chi connectivity index (χ0n) is 18.9. The molecule has 4 heterocycles. The minimum absolute atomic E-state index is 0.0801. The molecule has 3 aromatic heterocycles. The molecule has 2 atom stereocenters. The van der Waals surface area contributed by atoms with Gasteiger partial charge in [0.15, 0.2) is 17.5 Å². The molecule has 0 radical (unpaired) electrons. The number of primary amides is 1. The highest BCUT2D eigenvalue weighted by Gasteiger charge is 2.52. The third-order valence-electron chi connectivity index (χ3n) is 6.79. The Hall–Kier alpha value is -3.53. The number of anilines is 2. The average molecular weight is 450 g/mol. The minimum Gasteiger partial charge on any atom is -0.493 e. The van der Waals surface area contributed by atoms with E-state index in [0.717, 1.165) is 48.3 Å². The highest BCUT2D eigenvalue weighted by Crippen LogP contribution is 2.43. The minimum atomic E-state index is -0.512. The van der Waals surface area contributed by atoms with Crippen LogP contribution in [0.25, 0.3) is 0 Å². The molecule has 33 heavy (non-hydrogen) atoms. The summed E-state index contributed by atoms with van der Waals surface area (Å²) in [5, 5.41) is 20.6. The largest absolute Gasteiger partial charge is 0.493 e. The number of pyridine rings is 1. The van der Waals surface area contributed by atoms with Crippen molar-refractivity contribution in [2.24, 2.45) is 5.73 Å². The molecule has 5 rings (SSSR count). The van der Waals surface area contributed by atoms with Crippen LogP contribution in [-0.4, -0.2) is 48.7 Å². The number of fused-ring (bicyclic) bond motifs is 1. The Kier molecular flexibility index (Phi) is 5.24. The molecule has 10 nitrogen and oxygen atoms in total. The number of carbonyl (C=O) groups excluding carboxylic acids is 1. The van der Waals surface area contributed by atoms with Crippen LogP contribution >= 0.6 is 0 Å². The van der Waals surface area contributed by atoms with Gasteiger partial charge in [-0.05, 0) is 25.2 Å². The van der Waals surface area contributed by atoms with Crippen molar-refractivity contribution < 1.29 is 9.90 Å². The van der Waals surface area contributed by atoms with E-state index in [4.69, 9.17) is 15.7 Å². The molecule has 1 saturated heterocycles. The molecule has 172 valence electrons. The molecule has 0 aromatic carbocycles. The normalized spacial score (nSPS) is 22.0. The van der Waals surface area contributed by atoms with Crippen LogP contribution in [0.3, 0.4) is 0 Å². The van der Waals surface area contributed by atoms with Gasteiger partial charge < -0.3 is 16.2 Å². The van der Waals surface area contributed by atoms with Crippen LogP contribution in [0.2, 0.25) is 0 Å². The first kappa shape index (κ1) is 21.3. The lowest BCUT2D eigenvalue weighted by Gasteiger charge is -2.35. The van der Waals surface area contributed by atoms with E-state index in [1.807, 2.05) is 6.07 Å². The predicted molar refractivity (Wildman–Crippen MR) is 124 cm³/mol. The molecule has 1 aliphatic carbocycles. The van der Waals surface area contributed by atoms with Crippen LogP contribution in [0.15, 0.2) is 24.4 Å². The smallest absolute Gasteiger partial charge is 0.337 e. The quantitative estimate of drug-likeness (QED) is 0.424. The van der Waals surface area contributed by atoms with Crippen molar-refractivity contribution >= 4 is 29.2 Å². The summed E-state index contributed by atoms with van der Waals surface area (Å²) in [6.45, 7) is 4.84. The molecule has 2 aliphatic rings. The van der Waals surface area contributed by atoms with Gasteiger partial charge in [-0.2, -0.15) is 15.1 Å². The van der Waals surface area contributed by atoms with Crippen LogP contribution in [-0.2, 0) is 17.6 Å². The van der Waals surface area contributed by atoms with Crippen molar-refractivity contribution in [1.29, 1.82) is 0 Å². The first-order valence-corrected chi connectivity index (χ1v) is 11.4. The Labute approximate surface area is 191 Å². The van der Waals surface area contributed by atoms with E-state index in [1.165, 1.54) is 6.07 Å². The van der Waals surface area contributed by atoms with Gasteiger partial charge in [0.2, 0.25) is 5.88 Å². The van der Waals surface area contributed by atoms with Crippen LogP contribution in [0.4, 0.5) is 23.3 Å². The molecule has 0 bridgehead atoms. The Morgan fingerprint density at radius 3 is 2.82 bits per heavy atom. The van der Waals surface area contributed by atoms with E-state index in [9.17, 15) is 9.90 Å². The second kappa shape index (κ2) is 8.11. The topological polar surface area (TPSA) is 143 Å². The van der Waals surface area contributed by atoms with E-state index in [1.54, 1.807) is 12.3 Å². The number of aryl methyl sites for hydroxylation is 1. The van der Waals surface area contributed by atoms with E-state index in [0.29, 0.717) is 36.5 Å². The number of hydrogen-bond donors (Lipinski definition) is 4. The zero-order valence-corrected chi connectivity index (χ0v) is 18.9. The van der Waals surface area contributed by atoms with Crippen molar-refractivity contribution in [3.8, 4) is 5.88 Å². The number of nitrogens with one attached hydrogen (secondary N) is 2. The monoisotopic (exact) mass is 449 g/mol. The Balaban J connectivity index is 1.65. The number of aromatic hydroxyl groups is 1. The molecule has 1 aliphatic heterocycles. The number of amides is 1. The fourth-order valence-corrected chi connectivity index (χ4v) is 5.07. The number of aromatic nitrogens is 5. The molecule has 5 N–H and O–H groups in total. The Morgan fingerprint density at radius 1 is 1.27 bits per heavy atom. The van der Waals surface area contributed by atoms with Gasteiger partial charge in [-0.3, -0.25) is 9.89 Å². The van der Waals surface area contributed by atoms with Crippen LogP contribution in [0.5, 0.6) is 5.88 Å². The molecule has 0 spiro atoms. The maximum atomic E-state index is 12.6. The lowest BCUT2D eigenvalue weighted by molar-refractivity contribution is -0.121. The second-order valence-electron chi connectivity index (χ2n) is 9.17. The fourth-order valence-electron chi connectivity index (χ4n) is 5.07. The standard InChI is InChI=1S/C23H28N8O2/c1-13(2)17-11-19(30-29-17)27-22-15-5-3-6-16(15)26-23(28-22)31(10-4-7-18(31)21(24)33)14-8-9-20(32)25-12-14/h8-9,11-13,18H,3-7,10H2,1-2H3,(H4-,24,25,26,27,28,29,30,32,33)/p+1. The summed E-state index contributed by atoms with van der Waals surface area (Å²) in [6.07, 6.45) is 5.76. The van der Waals surface area contributed by atoms with Crippen molar-refractivity contribution in [1.82, 2.24) is 29.6 Å². The van der Waals surface area contributed by atoms with Crippen molar-refractivity contribution in [2.75, 3.05) is 11.9 Å². The van der Waals surface area contributed by atoms with Gasteiger partial charge in [-0.1, -0.05) is 13.8 Å². The summed E-state index contributed by atoms with van der Waals surface area (Å²) in [6, 6.07) is 4.77. The zero-order chi connectivity index (χ0) is 23.2. The first-order valence-electron chi connectivity index (χ1n) is 11.4. The molecule has 3 aromatic rings. The number of rotatable bonds is 6. The molecule has 1 fully saturated rings. The SMILES string of the molecule is CC(C)c1cc(Nc2nc([N+]3(c4ccc(O)nc4)CCCC3C(N)=O)nc3c2CCC3)n[nH]1. The number of carbonyl (C=O) groups is 1. The van der Waals surface area contributed by atoms with Crippen molar-refractivity contribution in [3.63, 3.8) is 0 Å². The van der Waals surface area contributed by atoms with Gasteiger partial charge in [-0.25, -0.2) is 9.47 Å². The van der Waals surface area contributed by atoms with Gasteiger partial charge in [0, 0.05) is 42.3 Å². The Bertz CT molecular complexity index is 1190. The van der Waals surface area contributed by atoms with Crippen molar-refractivity contribution in [2.45, 2.75) is 57.9 Å². The van der Waals surface area contributed by atoms with Gasteiger partial charge in [0.25, 0.3) is 5.91 Å². The summed E-state index contributed by atoms with van der Waals surface area (Å²) >= 11 is 0. The van der Waals surface area contributed by atoms with E-state index in [2.05, 4.69) is 34.3 Å². The molecular weight excluding hydrogens is 420 g/mol. The van der Waals surface area contributed by atoms with Crippen LogP contribution in [0, 0.1) is 0 Å². The Morgan fingerprint density at radius 2 is 2.12 bits per heavy atom. The highest BCUT2D eigenvalue weighted by molar-refractivity contribution is 5.84. The lowest BCUT2D eigenvalue weighted by atomic mass is 10.1. The molecule has 1 amide bonds. The van der Waals surface area contributed by atoms with E-state index in [-0.39, 0.29) is 10.4 Å². The van der Waals surface area contributed by atoms with Gasteiger partial charge in [-0.15, -0.1) is 0 Å². The maximum Gasteiger partial charge on any atom is 0.337 e. The number of quaternary nitrogens is 1. The second-order valence-corrected chi connectivity index (χ2v) is 9.17. The molecule has 0 saturated carbocycles. The number of hydrogen-bond acceptors (Lipinski definition) is 7. The number of aromatic amines is 1. The molecule has 10 heteroatoms. The first-order chi connectivity index (χ1) is 15.9. The number of nitrogens with two attached hydrogens (primary N) is 1. The van der Waals surface area contributed by atoms with Crippen LogP contribution < -0.4 is 15.5 Å². The third-order valence-corrected chi connectivity index (χ3v) is 6.79. The summed E-state index contributed by atoms with van der Waals surface area (Å²) < 4.78 is 0.0996. The third kappa shape index (κ3) is 3.60. The average Bonchev–Trinajstić information content (AvgIpc) is 3.53. The molecular formula is C23H29N8O2+. The van der Waals surface area contributed by atoms with E-state index >= 15 is 0 Å². The van der Waals surface area contributed by atoms with E-state index < -0.39 is 11.9 Å². The number of nitrogens with zero attached hydrogens (tertiary/aromatic N) is 5. The highest BCUT2D eigenvalue weighted by atomic mass is 16.3. The van der Waals surface area contributed by atoms with Gasteiger partial charge in [0.1, 0.15) is 5.82 Å². The van der Waals surface area contributed by atoms with Crippen molar-refractivity contribution in [3.05, 3.63) is 41.3 Å². The predicted octanol–water partition coefficient (Wildman–Crippen LogP) is 2.94. The number of H-pyrrole nitrogens is 1. The summed E-state index contributed by atoms with van der Waals surface area (Å²) in [4.78, 5) is 26.6. The summed E-state index contributed by atoms with van der Waals surface area (Å²) in [5.41, 5.74) is 9.72. The fraction of sp³-hybridized carbons (Fsp3) is 0.435. The van der Waals surface area contributed by atoms with Crippen LogP contribution in [0.1, 0.15) is 56.0 Å². The van der Waals surface area contributed by atoms with Gasteiger partial charge in [0.05, 0.1) is 18.4 Å².